The first-order valence-corrected chi connectivity index (χ1v) is 7.30. The molecular weight excluding hydrogens is 250 g/mol. The highest BCUT2D eigenvalue weighted by atomic mass is 16.1. The summed E-state index contributed by atoms with van der Waals surface area (Å²) in [7, 11) is 4.11. The summed E-state index contributed by atoms with van der Waals surface area (Å²) >= 11 is 0. The van der Waals surface area contributed by atoms with Crippen molar-refractivity contribution in [3.63, 3.8) is 0 Å². The zero-order chi connectivity index (χ0) is 14.5. The largest absolute Gasteiger partial charge is 0.352 e. The molecule has 0 spiro atoms. The van der Waals surface area contributed by atoms with Crippen molar-refractivity contribution in [2.24, 2.45) is 5.92 Å². The van der Waals surface area contributed by atoms with E-state index in [0.29, 0.717) is 6.54 Å². The van der Waals surface area contributed by atoms with Crippen LogP contribution < -0.4 is 10.6 Å². The lowest BCUT2D eigenvalue weighted by molar-refractivity contribution is -0.125. The van der Waals surface area contributed by atoms with Crippen molar-refractivity contribution in [3.05, 3.63) is 35.4 Å². The molecule has 1 heterocycles. The SMILES string of the molecule is CC1NCCC1C(=O)NCc1ccccc1CN(C)C. The fourth-order valence-corrected chi connectivity index (χ4v) is 2.76. The summed E-state index contributed by atoms with van der Waals surface area (Å²) in [6.07, 6.45) is 0.937. The fraction of sp³-hybridized carbons (Fsp3) is 0.562. The van der Waals surface area contributed by atoms with Crippen molar-refractivity contribution in [2.45, 2.75) is 32.5 Å². The van der Waals surface area contributed by atoms with Crippen LogP contribution in [0.4, 0.5) is 0 Å². The maximum atomic E-state index is 12.2. The molecule has 0 saturated carbocycles. The van der Waals surface area contributed by atoms with Gasteiger partial charge in [-0.15, -0.1) is 0 Å². The Hall–Kier alpha value is -1.39. The van der Waals surface area contributed by atoms with Crippen molar-refractivity contribution in [1.29, 1.82) is 0 Å². The molecule has 1 aliphatic rings. The molecule has 0 radical (unpaired) electrons. The third-order valence-corrected chi connectivity index (χ3v) is 3.92. The quantitative estimate of drug-likeness (QED) is 0.853. The second kappa shape index (κ2) is 6.86. The van der Waals surface area contributed by atoms with Crippen LogP contribution in [0, 0.1) is 5.92 Å². The lowest BCUT2D eigenvalue weighted by atomic mass is 10.0. The minimum absolute atomic E-state index is 0.107. The van der Waals surface area contributed by atoms with Crippen LogP contribution in [0.15, 0.2) is 24.3 Å². The lowest BCUT2D eigenvalue weighted by Gasteiger charge is -2.17. The van der Waals surface area contributed by atoms with Gasteiger partial charge in [-0.2, -0.15) is 0 Å². The van der Waals surface area contributed by atoms with Crippen LogP contribution in [-0.4, -0.2) is 37.5 Å². The molecule has 1 saturated heterocycles. The maximum absolute atomic E-state index is 12.2. The molecule has 2 rings (SSSR count). The third kappa shape index (κ3) is 3.81. The molecule has 2 N–H and O–H groups in total. The van der Waals surface area contributed by atoms with Crippen LogP contribution in [-0.2, 0) is 17.9 Å². The second-order valence-corrected chi connectivity index (χ2v) is 5.86. The molecular formula is C16H25N3O. The van der Waals surface area contributed by atoms with Gasteiger partial charge < -0.3 is 15.5 Å². The standard InChI is InChI=1S/C16H25N3O/c1-12-15(8-9-17-12)16(20)18-10-13-6-4-5-7-14(13)11-19(2)3/h4-7,12,15,17H,8-11H2,1-3H3,(H,18,20). The average Bonchev–Trinajstić information content (AvgIpc) is 2.83. The smallest absolute Gasteiger partial charge is 0.224 e. The third-order valence-electron chi connectivity index (χ3n) is 3.92. The summed E-state index contributed by atoms with van der Waals surface area (Å²) in [5.41, 5.74) is 2.48. The van der Waals surface area contributed by atoms with E-state index in [0.717, 1.165) is 19.5 Å². The summed E-state index contributed by atoms with van der Waals surface area (Å²) in [5.74, 6) is 0.276. The first kappa shape index (κ1) is 15.0. The Labute approximate surface area is 121 Å². The molecule has 110 valence electrons. The van der Waals surface area contributed by atoms with Gasteiger partial charge in [-0.3, -0.25) is 4.79 Å². The number of nitrogens with zero attached hydrogens (tertiary/aromatic N) is 1. The molecule has 1 amide bonds. The van der Waals surface area contributed by atoms with E-state index in [1.807, 2.05) is 12.1 Å². The Morgan fingerprint density at radius 2 is 2.05 bits per heavy atom. The molecule has 20 heavy (non-hydrogen) atoms. The first-order chi connectivity index (χ1) is 9.58. The van der Waals surface area contributed by atoms with Crippen LogP contribution in [0.25, 0.3) is 0 Å². The minimum Gasteiger partial charge on any atom is -0.352 e. The van der Waals surface area contributed by atoms with Crippen LogP contribution in [0.2, 0.25) is 0 Å². The number of rotatable bonds is 5. The summed E-state index contributed by atoms with van der Waals surface area (Å²) in [6, 6.07) is 8.58. The van der Waals surface area contributed by atoms with E-state index in [2.05, 4.69) is 48.7 Å². The van der Waals surface area contributed by atoms with E-state index in [9.17, 15) is 4.79 Å². The van der Waals surface area contributed by atoms with Gasteiger partial charge in [-0.25, -0.2) is 0 Å². The van der Waals surface area contributed by atoms with Gasteiger partial charge in [0.2, 0.25) is 5.91 Å². The topological polar surface area (TPSA) is 44.4 Å². The van der Waals surface area contributed by atoms with Gasteiger partial charge in [0, 0.05) is 19.1 Å². The Kier molecular flexibility index (Phi) is 5.15. The summed E-state index contributed by atoms with van der Waals surface area (Å²) in [6.45, 7) is 4.53. The van der Waals surface area contributed by atoms with Gasteiger partial charge in [-0.1, -0.05) is 24.3 Å². The Morgan fingerprint density at radius 1 is 1.35 bits per heavy atom. The fourth-order valence-electron chi connectivity index (χ4n) is 2.76. The van der Waals surface area contributed by atoms with E-state index >= 15 is 0 Å². The van der Waals surface area contributed by atoms with Gasteiger partial charge in [0.1, 0.15) is 0 Å². The number of amides is 1. The van der Waals surface area contributed by atoms with E-state index in [1.165, 1.54) is 11.1 Å². The minimum atomic E-state index is 0.107. The molecule has 0 aromatic heterocycles. The molecule has 1 aromatic carbocycles. The van der Waals surface area contributed by atoms with Gasteiger partial charge in [0.05, 0.1) is 5.92 Å². The summed E-state index contributed by atoms with van der Waals surface area (Å²) in [4.78, 5) is 14.3. The average molecular weight is 275 g/mol. The Morgan fingerprint density at radius 3 is 2.65 bits per heavy atom. The molecule has 1 fully saturated rings. The molecule has 2 unspecified atom stereocenters. The van der Waals surface area contributed by atoms with E-state index in [-0.39, 0.29) is 17.9 Å². The number of carbonyl (C=O) groups is 1. The lowest BCUT2D eigenvalue weighted by Crippen LogP contribution is -2.36. The highest BCUT2D eigenvalue weighted by Gasteiger charge is 2.29. The highest BCUT2D eigenvalue weighted by Crippen LogP contribution is 2.16. The van der Waals surface area contributed by atoms with Crippen LogP contribution in [0.5, 0.6) is 0 Å². The zero-order valence-corrected chi connectivity index (χ0v) is 12.6. The second-order valence-electron chi connectivity index (χ2n) is 5.86. The molecule has 1 aliphatic heterocycles. The maximum Gasteiger partial charge on any atom is 0.224 e. The van der Waals surface area contributed by atoms with Crippen molar-refractivity contribution in [1.82, 2.24) is 15.5 Å². The predicted octanol–water partition coefficient (Wildman–Crippen LogP) is 1.36. The van der Waals surface area contributed by atoms with Crippen LogP contribution in [0.1, 0.15) is 24.5 Å². The molecule has 1 aromatic rings. The zero-order valence-electron chi connectivity index (χ0n) is 12.6. The molecule has 2 atom stereocenters. The van der Waals surface area contributed by atoms with Crippen molar-refractivity contribution >= 4 is 5.91 Å². The first-order valence-electron chi connectivity index (χ1n) is 7.30. The number of benzene rings is 1. The normalized spacial score (nSPS) is 22.2. The molecule has 0 aliphatic carbocycles. The number of nitrogens with one attached hydrogen (secondary N) is 2. The molecule has 4 nitrogen and oxygen atoms in total. The summed E-state index contributed by atoms with van der Waals surface area (Å²) in [5, 5.41) is 6.41. The number of carbonyl (C=O) groups excluding carboxylic acids is 1. The van der Waals surface area contributed by atoms with Crippen molar-refractivity contribution in [2.75, 3.05) is 20.6 Å². The monoisotopic (exact) mass is 275 g/mol. The van der Waals surface area contributed by atoms with Crippen LogP contribution >= 0.6 is 0 Å². The predicted molar refractivity (Wildman–Crippen MR) is 81.3 cm³/mol. The van der Waals surface area contributed by atoms with Gasteiger partial charge in [0.25, 0.3) is 0 Å². The van der Waals surface area contributed by atoms with Gasteiger partial charge in [-0.05, 0) is 45.1 Å². The Balaban J connectivity index is 1.95. The Bertz CT molecular complexity index is 459. The molecule has 4 heteroatoms. The van der Waals surface area contributed by atoms with Gasteiger partial charge in [0.15, 0.2) is 0 Å². The number of hydrogen-bond donors (Lipinski definition) is 2. The van der Waals surface area contributed by atoms with E-state index in [1.54, 1.807) is 0 Å². The number of hydrogen-bond acceptors (Lipinski definition) is 3. The highest BCUT2D eigenvalue weighted by molar-refractivity contribution is 5.79. The van der Waals surface area contributed by atoms with Gasteiger partial charge >= 0.3 is 0 Å². The van der Waals surface area contributed by atoms with E-state index in [4.69, 9.17) is 0 Å². The molecule has 0 bridgehead atoms. The van der Waals surface area contributed by atoms with Crippen molar-refractivity contribution in [3.8, 4) is 0 Å². The van der Waals surface area contributed by atoms with Crippen molar-refractivity contribution < 1.29 is 4.79 Å². The van der Waals surface area contributed by atoms with E-state index < -0.39 is 0 Å². The summed E-state index contributed by atoms with van der Waals surface area (Å²) < 4.78 is 0. The van der Waals surface area contributed by atoms with Crippen LogP contribution in [0.3, 0.4) is 0 Å².